The van der Waals surface area contributed by atoms with Gasteiger partial charge in [-0.3, -0.25) is 0 Å². The van der Waals surface area contributed by atoms with E-state index in [4.69, 9.17) is 11.6 Å². The minimum atomic E-state index is -0.130. The molecule has 0 fully saturated rings. The molecule has 112 valence electrons. The molecule has 0 N–H and O–H groups in total. The van der Waals surface area contributed by atoms with Crippen LogP contribution in [-0.2, 0) is 11.8 Å². The lowest BCUT2D eigenvalue weighted by molar-refractivity contribution is 0.582. The summed E-state index contributed by atoms with van der Waals surface area (Å²) in [7, 11) is 0. The summed E-state index contributed by atoms with van der Waals surface area (Å²) < 4.78 is 13.9. The van der Waals surface area contributed by atoms with Crippen molar-refractivity contribution in [2.24, 2.45) is 0 Å². The van der Waals surface area contributed by atoms with E-state index in [1.807, 2.05) is 24.3 Å². The van der Waals surface area contributed by atoms with Gasteiger partial charge < -0.3 is 0 Å². The number of benzene rings is 2. The van der Waals surface area contributed by atoms with Crippen LogP contribution in [0, 0.1) is 5.82 Å². The molecule has 0 nitrogen and oxygen atoms in total. The Morgan fingerprint density at radius 3 is 2.38 bits per heavy atom. The van der Waals surface area contributed by atoms with Crippen LogP contribution >= 0.6 is 11.6 Å². The third-order valence-corrected chi connectivity index (χ3v) is 4.15. The van der Waals surface area contributed by atoms with Gasteiger partial charge in [-0.2, -0.15) is 0 Å². The first-order valence-corrected chi connectivity index (χ1v) is 7.70. The highest BCUT2D eigenvalue weighted by Gasteiger charge is 2.18. The first kappa shape index (κ1) is 16.0. The van der Waals surface area contributed by atoms with E-state index in [9.17, 15) is 4.39 Å². The van der Waals surface area contributed by atoms with E-state index in [0.717, 1.165) is 22.6 Å². The van der Waals surface area contributed by atoms with Crippen LogP contribution in [0.3, 0.4) is 0 Å². The van der Waals surface area contributed by atoms with Gasteiger partial charge in [0.2, 0.25) is 0 Å². The van der Waals surface area contributed by atoms with Crippen LogP contribution in [0.5, 0.6) is 0 Å². The Hall–Kier alpha value is -1.34. The summed E-state index contributed by atoms with van der Waals surface area (Å²) in [6, 6.07) is 13.1. The molecule has 1 unspecified atom stereocenters. The maximum atomic E-state index is 13.9. The number of hydrogen-bond acceptors (Lipinski definition) is 0. The largest absolute Gasteiger partial charge is 0.207 e. The molecule has 2 rings (SSSR count). The van der Waals surface area contributed by atoms with Crippen molar-refractivity contribution in [1.29, 1.82) is 0 Å². The Morgan fingerprint density at radius 2 is 1.76 bits per heavy atom. The molecular formula is C19H22ClF. The van der Waals surface area contributed by atoms with Crippen molar-refractivity contribution in [3.05, 3.63) is 70.0 Å². The molecule has 0 saturated carbocycles. The van der Waals surface area contributed by atoms with Gasteiger partial charge in [0.25, 0.3) is 0 Å². The summed E-state index contributed by atoms with van der Waals surface area (Å²) in [5.74, 6) is 0.00945. The second-order valence-corrected chi connectivity index (χ2v) is 7.10. The standard InChI is InChI=1S/C19H22ClF/c1-13(15-7-5-6-8-18(15)21)11-14-9-10-17(20)16(12-14)19(2,3)4/h5-10,12-13H,11H2,1-4H3. The molecule has 0 spiro atoms. The average molecular weight is 305 g/mol. The molecule has 0 saturated heterocycles. The normalized spacial score (nSPS) is 13.2. The number of hydrogen-bond donors (Lipinski definition) is 0. The van der Waals surface area contributed by atoms with Crippen molar-refractivity contribution >= 4 is 11.6 Å². The SMILES string of the molecule is CC(Cc1ccc(Cl)c(C(C)(C)C)c1)c1ccccc1F. The van der Waals surface area contributed by atoms with Crippen LogP contribution in [0.2, 0.25) is 5.02 Å². The molecule has 21 heavy (non-hydrogen) atoms. The number of rotatable bonds is 3. The van der Waals surface area contributed by atoms with E-state index in [0.29, 0.717) is 0 Å². The Morgan fingerprint density at radius 1 is 1.10 bits per heavy atom. The molecule has 0 bridgehead atoms. The van der Waals surface area contributed by atoms with E-state index >= 15 is 0 Å². The van der Waals surface area contributed by atoms with Crippen molar-refractivity contribution in [3.8, 4) is 0 Å². The summed E-state index contributed by atoms with van der Waals surface area (Å²) in [6.07, 6.45) is 0.807. The van der Waals surface area contributed by atoms with E-state index in [-0.39, 0.29) is 17.2 Å². The highest BCUT2D eigenvalue weighted by Crippen LogP contribution is 2.32. The summed E-state index contributed by atoms with van der Waals surface area (Å²) >= 11 is 6.30. The highest BCUT2D eigenvalue weighted by atomic mass is 35.5. The zero-order valence-electron chi connectivity index (χ0n) is 13.1. The fourth-order valence-electron chi connectivity index (χ4n) is 2.61. The van der Waals surface area contributed by atoms with Crippen LogP contribution in [0.25, 0.3) is 0 Å². The first-order chi connectivity index (χ1) is 9.79. The highest BCUT2D eigenvalue weighted by molar-refractivity contribution is 6.31. The summed E-state index contributed by atoms with van der Waals surface area (Å²) in [5, 5.41) is 0.796. The maximum Gasteiger partial charge on any atom is 0.126 e. The average Bonchev–Trinajstić information content (AvgIpc) is 2.40. The van der Waals surface area contributed by atoms with E-state index in [1.165, 1.54) is 11.6 Å². The predicted octanol–water partition coefficient (Wildman–Crippen LogP) is 6.12. The van der Waals surface area contributed by atoms with Crippen molar-refractivity contribution in [3.63, 3.8) is 0 Å². The van der Waals surface area contributed by atoms with E-state index in [2.05, 4.69) is 33.8 Å². The van der Waals surface area contributed by atoms with Crippen LogP contribution in [0.1, 0.15) is 50.3 Å². The van der Waals surface area contributed by atoms with Gasteiger partial charge in [0.05, 0.1) is 0 Å². The number of halogens is 2. The Labute approximate surface area is 132 Å². The van der Waals surface area contributed by atoms with Crippen molar-refractivity contribution in [2.75, 3.05) is 0 Å². The van der Waals surface area contributed by atoms with E-state index < -0.39 is 0 Å². The lowest BCUT2D eigenvalue weighted by Crippen LogP contribution is -2.12. The topological polar surface area (TPSA) is 0 Å². The van der Waals surface area contributed by atoms with Crippen LogP contribution in [0.4, 0.5) is 4.39 Å². The molecule has 1 atom stereocenters. The molecule has 0 radical (unpaired) electrons. The van der Waals surface area contributed by atoms with Gasteiger partial charge >= 0.3 is 0 Å². The van der Waals surface area contributed by atoms with Crippen molar-refractivity contribution in [1.82, 2.24) is 0 Å². The first-order valence-electron chi connectivity index (χ1n) is 7.32. The smallest absolute Gasteiger partial charge is 0.126 e. The van der Waals surface area contributed by atoms with Gasteiger partial charge in [0.1, 0.15) is 5.82 Å². The minimum Gasteiger partial charge on any atom is -0.207 e. The molecule has 0 amide bonds. The van der Waals surface area contributed by atoms with Gasteiger partial charge in [-0.1, -0.05) is 69.6 Å². The Kier molecular flexibility index (Phi) is 4.73. The maximum absolute atomic E-state index is 13.9. The molecule has 2 aromatic carbocycles. The fraction of sp³-hybridized carbons (Fsp3) is 0.368. The monoisotopic (exact) mass is 304 g/mol. The quantitative estimate of drug-likeness (QED) is 0.640. The zero-order chi connectivity index (χ0) is 15.6. The van der Waals surface area contributed by atoms with Crippen LogP contribution in [-0.4, -0.2) is 0 Å². The Bertz CT molecular complexity index is 626. The third kappa shape index (κ3) is 3.85. The predicted molar refractivity (Wildman–Crippen MR) is 88.7 cm³/mol. The molecule has 2 aromatic rings. The van der Waals surface area contributed by atoms with Gasteiger partial charge in [-0.05, 0) is 46.6 Å². The summed E-state index contributed by atoms with van der Waals surface area (Å²) in [6.45, 7) is 8.51. The minimum absolute atomic E-state index is 0.00826. The van der Waals surface area contributed by atoms with Crippen LogP contribution in [0.15, 0.2) is 42.5 Å². The third-order valence-electron chi connectivity index (χ3n) is 3.82. The second kappa shape index (κ2) is 6.19. The van der Waals surface area contributed by atoms with Gasteiger partial charge in [0, 0.05) is 5.02 Å². The molecule has 0 aliphatic heterocycles. The van der Waals surface area contributed by atoms with E-state index in [1.54, 1.807) is 6.07 Å². The van der Waals surface area contributed by atoms with Crippen LogP contribution < -0.4 is 0 Å². The zero-order valence-corrected chi connectivity index (χ0v) is 13.8. The van der Waals surface area contributed by atoms with Gasteiger partial charge in [0.15, 0.2) is 0 Å². The molecule has 0 heterocycles. The Balaban J connectivity index is 2.26. The molecular weight excluding hydrogens is 283 g/mol. The second-order valence-electron chi connectivity index (χ2n) is 6.69. The molecule has 0 aliphatic carbocycles. The summed E-state index contributed by atoms with van der Waals surface area (Å²) in [4.78, 5) is 0. The fourth-order valence-corrected chi connectivity index (χ4v) is 3.01. The van der Waals surface area contributed by atoms with Crippen molar-refractivity contribution in [2.45, 2.75) is 45.4 Å². The summed E-state index contributed by atoms with van der Waals surface area (Å²) in [5.41, 5.74) is 3.11. The van der Waals surface area contributed by atoms with Gasteiger partial charge in [-0.25, -0.2) is 4.39 Å². The van der Waals surface area contributed by atoms with Gasteiger partial charge in [-0.15, -0.1) is 0 Å². The molecule has 0 aromatic heterocycles. The van der Waals surface area contributed by atoms with Crippen molar-refractivity contribution < 1.29 is 4.39 Å². The lowest BCUT2D eigenvalue weighted by atomic mass is 9.84. The molecule has 0 aliphatic rings. The lowest BCUT2D eigenvalue weighted by Gasteiger charge is -2.22. The molecule has 2 heteroatoms.